The van der Waals surface area contributed by atoms with Crippen LogP contribution in [0.3, 0.4) is 0 Å². The van der Waals surface area contributed by atoms with Gasteiger partial charge in [-0.25, -0.2) is 0 Å². The fraction of sp³-hybridized carbons (Fsp3) is 0.286. The average Bonchev–Trinajstić information content (AvgIpc) is 2.25. The molecule has 0 fully saturated rings. The van der Waals surface area contributed by atoms with Crippen molar-refractivity contribution >= 4 is 11.8 Å². The van der Waals surface area contributed by atoms with E-state index >= 15 is 0 Å². The van der Waals surface area contributed by atoms with Gasteiger partial charge in [-0.05, 0) is 17.2 Å². The first-order chi connectivity index (χ1) is 7.59. The molecule has 0 atom stereocenters. The smallest absolute Gasteiger partial charge is 0.0387 e. The SMILES string of the molecule is C=C(/C=C\c1ccccc1N)CNC(C)C. The summed E-state index contributed by atoms with van der Waals surface area (Å²) in [6.45, 7) is 9.02. The maximum absolute atomic E-state index is 5.83. The standard InChI is InChI=1S/C14H20N2/c1-11(2)16-10-12(3)8-9-13-6-4-5-7-14(13)15/h4-9,11,16H,3,10,15H2,1-2H3/b9-8-. The van der Waals surface area contributed by atoms with Crippen LogP contribution in [0, 0.1) is 0 Å². The first-order valence-electron chi connectivity index (χ1n) is 5.53. The van der Waals surface area contributed by atoms with Crippen LogP contribution in [0.4, 0.5) is 5.69 Å². The van der Waals surface area contributed by atoms with Crippen molar-refractivity contribution in [2.45, 2.75) is 19.9 Å². The Bertz CT molecular complexity index is 378. The predicted molar refractivity (Wildman–Crippen MR) is 72.2 cm³/mol. The first-order valence-corrected chi connectivity index (χ1v) is 5.53. The highest BCUT2D eigenvalue weighted by atomic mass is 14.9. The second-order valence-electron chi connectivity index (χ2n) is 4.16. The normalized spacial score (nSPS) is 11.2. The lowest BCUT2D eigenvalue weighted by Gasteiger charge is -2.07. The van der Waals surface area contributed by atoms with Crippen molar-refractivity contribution in [2.24, 2.45) is 0 Å². The zero-order valence-corrected chi connectivity index (χ0v) is 10.0. The third kappa shape index (κ3) is 4.32. The van der Waals surface area contributed by atoms with Crippen LogP contribution in [0.25, 0.3) is 6.08 Å². The summed E-state index contributed by atoms with van der Waals surface area (Å²) in [5.74, 6) is 0. The molecule has 1 aromatic carbocycles. The molecular weight excluding hydrogens is 196 g/mol. The van der Waals surface area contributed by atoms with Crippen molar-refractivity contribution in [1.29, 1.82) is 0 Å². The molecule has 0 aliphatic rings. The second kappa shape index (κ2) is 6.13. The van der Waals surface area contributed by atoms with E-state index in [4.69, 9.17) is 5.73 Å². The highest BCUT2D eigenvalue weighted by Crippen LogP contribution is 2.12. The summed E-state index contributed by atoms with van der Waals surface area (Å²) in [5.41, 5.74) is 8.72. The maximum Gasteiger partial charge on any atom is 0.0387 e. The van der Waals surface area contributed by atoms with Crippen LogP contribution in [-0.2, 0) is 0 Å². The van der Waals surface area contributed by atoms with Gasteiger partial charge >= 0.3 is 0 Å². The third-order valence-electron chi connectivity index (χ3n) is 2.23. The Morgan fingerprint density at radius 2 is 2.12 bits per heavy atom. The average molecular weight is 216 g/mol. The van der Waals surface area contributed by atoms with E-state index in [0.717, 1.165) is 23.4 Å². The largest absolute Gasteiger partial charge is 0.398 e. The van der Waals surface area contributed by atoms with E-state index in [9.17, 15) is 0 Å². The van der Waals surface area contributed by atoms with Gasteiger partial charge in [0.1, 0.15) is 0 Å². The van der Waals surface area contributed by atoms with Gasteiger partial charge in [0.2, 0.25) is 0 Å². The van der Waals surface area contributed by atoms with Gasteiger partial charge in [-0.3, -0.25) is 0 Å². The summed E-state index contributed by atoms with van der Waals surface area (Å²) in [4.78, 5) is 0. The lowest BCUT2D eigenvalue weighted by Crippen LogP contribution is -2.24. The first kappa shape index (κ1) is 12.5. The summed E-state index contributed by atoms with van der Waals surface area (Å²) >= 11 is 0. The molecule has 0 bridgehead atoms. The fourth-order valence-electron chi connectivity index (χ4n) is 1.26. The van der Waals surface area contributed by atoms with Crippen molar-refractivity contribution in [2.75, 3.05) is 12.3 Å². The molecule has 0 unspecified atom stereocenters. The monoisotopic (exact) mass is 216 g/mol. The number of rotatable bonds is 5. The summed E-state index contributed by atoms with van der Waals surface area (Å²) in [6, 6.07) is 8.28. The maximum atomic E-state index is 5.83. The minimum Gasteiger partial charge on any atom is -0.398 e. The van der Waals surface area contributed by atoms with E-state index < -0.39 is 0 Å². The Kier molecular flexibility index (Phi) is 4.80. The van der Waals surface area contributed by atoms with Crippen molar-refractivity contribution < 1.29 is 0 Å². The van der Waals surface area contributed by atoms with Gasteiger partial charge in [0.05, 0.1) is 0 Å². The van der Waals surface area contributed by atoms with Crippen molar-refractivity contribution in [3.63, 3.8) is 0 Å². The Balaban J connectivity index is 2.54. The van der Waals surface area contributed by atoms with E-state index in [1.807, 2.05) is 36.4 Å². The Morgan fingerprint density at radius 3 is 2.75 bits per heavy atom. The van der Waals surface area contributed by atoms with Crippen molar-refractivity contribution in [3.05, 3.63) is 48.1 Å². The van der Waals surface area contributed by atoms with Gasteiger partial charge in [-0.15, -0.1) is 0 Å². The number of nitrogens with one attached hydrogen (secondary N) is 1. The van der Waals surface area contributed by atoms with Crippen LogP contribution in [-0.4, -0.2) is 12.6 Å². The number of para-hydroxylation sites is 1. The summed E-state index contributed by atoms with van der Waals surface area (Å²) in [6.07, 6.45) is 4.00. The van der Waals surface area contributed by atoms with Crippen molar-refractivity contribution in [3.8, 4) is 0 Å². The molecule has 2 nitrogen and oxygen atoms in total. The molecule has 0 saturated carbocycles. The molecule has 1 rings (SSSR count). The van der Waals surface area contributed by atoms with E-state index in [0.29, 0.717) is 6.04 Å². The topological polar surface area (TPSA) is 38.0 Å². The van der Waals surface area contributed by atoms with Gasteiger partial charge in [-0.1, -0.05) is 50.8 Å². The van der Waals surface area contributed by atoms with Crippen LogP contribution in [0.1, 0.15) is 19.4 Å². The van der Waals surface area contributed by atoms with Gasteiger partial charge < -0.3 is 11.1 Å². The highest BCUT2D eigenvalue weighted by molar-refractivity contribution is 5.65. The molecule has 0 spiro atoms. The van der Waals surface area contributed by atoms with E-state index in [1.165, 1.54) is 0 Å². The molecule has 2 heteroatoms. The molecule has 86 valence electrons. The number of nitrogen functional groups attached to an aromatic ring is 1. The summed E-state index contributed by atoms with van der Waals surface area (Å²) < 4.78 is 0. The van der Waals surface area contributed by atoms with Crippen LogP contribution in [0.15, 0.2) is 42.5 Å². The minimum absolute atomic E-state index is 0.479. The fourth-order valence-corrected chi connectivity index (χ4v) is 1.26. The van der Waals surface area contributed by atoms with Gasteiger partial charge in [0.15, 0.2) is 0 Å². The molecule has 1 aromatic rings. The molecule has 0 amide bonds. The Morgan fingerprint density at radius 1 is 1.44 bits per heavy atom. The minimum atomic E-state index is 0.479. The van der Waals surface area contributed by atoms with Crippen LogP contribution >= 0.6 is 0 Å². The van der Waals surface area contributed by atoms with Gasteiger partial charge in [0, 0.05) is 18.3 Å². The predicted octanol–water partition coefficient (Wildman–Crippen LogP) is 2.84. The molecule has 3 N–H and O–H groups in total. The number of hydrogen-bond acceptors (Lipinski definition) is 2. The van der Waals surface area contributed by atoms with Crippen LogP contribution < -0.4 is 11.1 Å². The van der Waals surface area contributed by atoms with E-state index in [-0.39, 0.29) is 0 Å². The van der Waals surface area contributed by atoms with Crippen molar-refractivity contribution in [1.82, 2.24) is 5.32 Å². The zero-order valence-electron chi connectivity index (χ0n) is 10.0. The number of nitrogens with two attached hydrogens (primary N) is 1. The van der Waals surface area contributed by atoms with E-state index in [2.05, 4.69) is 25.7 Å². The third-order valence-corrected chi connectivity index (χ3v) is 2.23. The second-order valence-corrected chi connectivity index (χ2v) is 4.16. The Hall–Kier alpha value is -1.54. The summed E-state index contributed by atoms with van der Waals surface area (Å²) in [5, 5.41) is 3.31. The van der Waals surface area contributed by atoms with E-state index in [1.54, 1.807) is 0 Å². The highest BCUT2D eigenvalue weighted by Gasteiger charge is 1.94. The Labute approximate surface area is 97.9 Å². The lowest BCUT2D eigenvalue weighted by molar-refractivity contribution is 0.626. The molecule has 0 saturated heterocycles. The van der Waals surface area contributed by atoms with Crippen LogP contribution in [0.5, 0.6) is 0 Å². The molecule has 16 heavy (non-hydrogen) atoms. The molecule has 0 aliphatic heterocycles. The number of benzene rings is 1. The molecule has 0 radical (unpaired) electrons. The van der Waals surface area contributed by atoms with Gasteiger partial charge in [0.25, 0.3) is 0 Å². The van der Waals surface area contributed by atoms with Crippen LogP contribution in [0.2, 0.25) is 0 Å². The molecule has 0 aliphatic carbocycles. The van der Waals surface area contributed by atoms with Gasteiger partial charge in [-0.2, -0.15) is 0 Å². The lowest BCUT2D eigenvalue weighted by atomic mass is 10.1. The zero-order chi connectivity index (χ0) is 12.0. The molecular formula is C14H20N2. The molecule has 0 heterocycles. The number of anilines is 1. The summed E-state index contributed by atoms with van der Waals surface area (Å²) in [7, 11) is 0. The quantitative estimate of drug-likeness (QED) is 0.586. The molecule has 0 aromatic heterocycles. The number of hydrogen-bond donors (Lipinski definition) is 2.